The number of carbonyl (C=O) groups excluding carboxylic acids is 1. The Balaban J connectivity index is 2.48. The van der Waals surface area contributed by atoms with Crippen LogP contribution in [-0.2, 0) is 0 Å². The van der Waals surface area contributed by atoms with Gasteiger partial charge in [0.25, 0.3) is 5.91 Å². The van der Waals surface area contributed by atoms with Gasteiger partial charge in [0, 0.05) is 17.4 Å². The molecule has 1 aliphatic rings. The summed E-state index contributed by atoms with van der Waals surface area (Å²) in [7, 11) is 0. The molecule has 0 aromatic heterocycles. The zero-order valence-electron chi connectivity index (χ0n) is 12.8. The second-order valence-corrected chi connectivity index (χ2v) is 6.41. The smallest absolute Gasteiger partial charge is 0.368 e. The number of rotatable bonds is 1. The summed E-state index contributed by atoms with van der Waals surface area (Å²) in [6, 6.07) is 4.27. The van der Waals surface area contributed by atoms with E-state index in [-0.39, 0.29) is 5.56 Å². The molecular weight excluding hydrogens is 316 g/mol. The molecule has 23 heavy (non-hydrogen) atoms. The minimum Gasteiger partial charge on any atom is -0.368 e. The largest absolute Gasteiger partial charge is 0.431 e. The normalized spacial score (nSPS) is 22.3. The number of hydrazone groups is 1. The van der Waals surface area contributed by atoms with Crippen LogP contribution in [-0.4, -0.2) is 33.6 Å². The van der Waals surface area contributed by atoms with Crippen molar-refractivity contribution < 1.29 is 27.5 Å². The molecule has 0 aliphatic carbocycles. The molecule has 0 spiro atoms. The fraction of sp³-hybridized carbons (Fsp3) is 0.467. The maximum atomic E-state index is 13.0. The first-order chi connectivity index (χ1) is 10.4. The van der Waals surface area contributed by atoms with E-state index >= 15 is 0 Å². The van der Waals surface area contributed by atoms with Gasteiger partial charge in [0.2, 0.25) is 0 Å². The number of hydrogen-bond acceptors (Lipinski definition) is 3. The topological polar surface area (TPSA) is 52.9 Å². The first-order valence-electron chi connectivity index (χ1n) is 6.83. The van der Waals surface area contributed by atoms with Crippen molar-refractivity contribution in [2.24, 2.45) is 10.5 Å². The Bertz CT molecular complexity index is 647. The third kappa shape index (κ3) is 3.08. The van der Waals surface area contributed by atoms with Crippen LogP contribution in [0.4, 0.5) is 17.6 Å². The van der Waals surface area contributed by atoms with Gasteiger partial charge < -0.3 is 5.11 Å². The summed E-state index contributed by atoms with van der Waals surface area (Å²) >= 11 is 0. The standard InChI is InChI=1S/C15H16F4N2O2/c1-13(2,3)14(23)8-11(15(17,18)19)20-21(14)12(22)9-4-6-10(16)7-5-9/h4-7,23H,8H2,1-3H3/t14-/m0/s1. The van der Waals surface area contributed by atoms with Gasteiger partial charge in [-0.25, -0.2) is 4.39 Å². The van der Waals surface area contributed by atoms with Crippen molar-refractivity contribution in [3.05, 3.63) is 35.6 Å². The Morgan fingerprint density at radius 1 is 1.22 bits per heavy atom. The number of halogens is 4. The molecule has 0 saturated heterocycles. The van der Waals surface area contributed by atoms with Gasteiger partial charge in [-0.2, -0.15) is 23.3 Å². The van der Waals surface area contributed by atoms with Crippen LogP contribution in [0.2, 0.25) is 0 Å². The lowest BCUT2D eigenvalue weighted by molar-refractivity contribution is -0.144. The molecule has 0 fully saturated rings. The Morgan fingerprint density at radius 2 is 1.74 bits per heavy atom. The molecule has 1 aromatic rings. The van der Waals surface area contributed by atoms with Gasteiger partial charge in [0.15, 0.2) is 5.72 Å². The van der Waals surface area contributed by atoms with Crippen molar-refractivity contribution in [2.45, 2.75) is 39.1 Å². The lowest BCUT2D eigenvalue weighted by atomic mass is 9.80. The molecule has 1 N–H and O–H groups in total. The van der Waals surface area contributed by atoms with Gasteiger partial charge in [0.1, 0.15) is 11.5 Å². The molecule has 1 heterocycles. The Labute approximate surface area is 130 Å². The van der Waals surface area contributed by atoms with Crippen LogP contribution in [0.3, 0.4) is 0 Å². The van der Waals surface area contributed by atoms with E-state index in [0.717, 1.165) is 24.3 Å². The number of nitrogens with zero attached hydrogens (tertiary/aromatic N) is 2. The lowest BCUT2D eigenvalue weighted by Crippen LogP contribution is -2.55. The maximum Gasteiger partial charge on any atom is 0.431 e. The number of benzene rings is 1. The summed E-state index contributed by atoms with van der Waals surface area (Å²) in [6.07, 6.45) is -5.58. The van der Waals surface area contributed by atoms with E-state index in [0.29, 0.717) is 5.01 Å². The first kappa shape index (κ1) is 17.4. The zero-order chi connectivity index (χ0) is 17.6. The molecule has 2 rings (SSSR count). The van der Waals surface area contributed by atoms with Gasteiger partial charge in [-0.15, -0.1) is 0 Å². The van der Waals surface area contributed by atoms with Crippen molar-refractivity contribution in [2.75, 3.05) is 0 Å². The predicted molar refractivity (Wildman–Crippen MR) is 75.1 cm³/mol. The summed E-state index contributed by atoms with van der Waals surface area (Å²) in [5.41, 5.74) is -4.52. The molecule has 1 amide bonds. The fourth-order valence-electron chi connectivity index (χ4n) is 2.22. The van der Waals surface area contributed by atoms with Crippen LogP contribution in [0.15, 0.2) is 29.4 Å². The van der Waals surface area contributed by atoms with Crippen LogP contribution in [0.25, 0.3) is 0 Å². The SMILES string of the molecule is CC(C)(C)[C@@]1(O)CC(C(F)(F)F)=NN1C(=O)c1ccc(F)cc1. The van der Waals surface area contributed by atoms with E-state index in [4.69, 9.17) is 0 Å². The lowest BCUT2D eigenvalue weighted by Gasteiger charge is -2.41. The Morgan fingerprint density at radius 3 is 2.17 bits per heavy atom. The van der Waals surface area contributed by atoms with Gasteiger partial charge >= 0.3 is 6.18 Å². The summed E-state index contributed by atoms with van der Waals surface area (Å²) in [5.74, 6) is -1.52. The second-order valence-electron chi connectivity index (χ2n) is 6.41. The average molecular weight is 332 g/mol. The number of aliphatic hydroxyl groups is 1. The minimum absolute atomic E-state index is 0.0683. The van der Waals surface area contributed by atoms with Crippen molar-refractivity contribution in [3.8, 4) is 0 Å². The summed E-state index contributed by atoms with van der Waals surface area (Å²) in [4.78, 5) is 12.5. The highest BCUT2D eigenvalue weighted by molar-refractivity contribution is 5.99. The molecule has 1 aromatic carbocycles. The van der Waals surface area contributed by atoms with Crippen LogP contribution in [0.5, 0.6) is 0 Å². The molecule has 1 aliphatic heterocycles. The molecular formula is C15H16F4N2O2. The van der Waals surface area contributed by atoms with E-state index in [9.17, 15) is 27.5 Å². The van der Waals surface area contributed by atoms with Crippen LogP contribution < -0.4 is 0 Å². The average Bonchev–Trinajstić information content (AvgIpc) is 2.78. The molecule has 0 saturated carbocycles. The fourth-order valence-corrected chi connectivity index (χ4v) is 2.22. The van der Waals surface area contributed by atoms with Gasteiger partial charge in [-0.3, -0.25) is 4.79 Å². The summed E-state index contributed by atoms with van der Waals surface area (Å²) in [5, 5.41) is 14.5. The number of alkyl halides is 3. The third-order valence-electron chi connectivity index (χ3n) is 3.80. The Hall–Kier alpha value is -1.96. The molecule has 4 nitrogen and oxygen atoms in total. The third-order valence-corrected chi connectivity index (χ3v) is 3.80. The van der Waals surface area contributed by atoms with E-state index in [1.807, 2.05) is 0 Å². The maximum absolute atomic E-state index is 13.0. The van der Waals surface area contributed by atoms with E-state index in [1.54, 1.807) is 0 Å². The first-order valence-corrected chi connectivity index (χ1v) is 6.83. The molecule has 0 radical (unpaired) electrons. The molecule has 0 unspecified atom stereocenters. The van der Waals surface area contributed by atoms with Crippen LogP contribution in [0, 0.1) is 11.2 Å². The number of hydrogen-bond donors (Lipinski definition) is 1. The van der Waals surface area contributed by atoms with Gasteiger partial charge in [-0.1, -0.05) is 20.8 Å². The second kappa shape index (κ2) is 5.30. The highest BCUT2D eigenvalue weighted by Gasteiger charge is 2.57. The number of amides is 1. The summed E-state index contributed by atoms with van der Waals surface area (Å²) in [6.45, 7) is 4.52. The highest BCUT2D eigenvalue weighted by Crippen LogP contribution is 2.43. The number of carbonyl (C=O) groups is 1. The van der Waals surface area contributed by atoms with Crippen molar-refractivity contribution in [1.29, 1.82) is 0 Å². The van der Waals surface area contributed by atoms with Crippen molar-refractivity contribution in [1.82, 2.24) is 5.01 Å². The van der Waals surface area contributed by atoms with Gasteiger partial charge in [0.05, 0.1) is 0 Å². The molecule has 0 bridgehead atoms. The highest BCUT2D eigenvalue weighted by atomic mass is 19.4. The van der Waals surface area contributed by atoms with E-state index < -0.39 is 41.2 Å². The van der Waals surface area contributed by atoms with Gasteiger partial charge in [-0.05, 0) is 24.3 Å². The monoisotopic (exact) mass is 332 g/mol. The minimum atomic E-state index is -4.75. The summed E-state index contributed by atoms with van der Waals surface area (Å²) < 4.78 is 51.8. The van der Waals surface area contributed by atoms with E-state index in [1.165, 1.54) is 20.8 Å². The predicted octanol–water partition coefficient (Wildman–Crippen LogP) is 3.32. The molecule has 8 heteroatoms. The van der Waals surface area contributed by atoms with Crippen LogP contribution in [0.1, 0.15) is 37.6 Å². The van der Waals surface area contributed by atoms with Crippen molar-refractivity contribution >= 4 is 11.6 Å². The van der Waals surface area contributed by atoms with Crippen LogP contribution >= 0.6 is 0 Å². The molecule has 126 valence electrons. The van der Waals surface area contributed by atoms with E-state index in [2.05, 4.69) is 5.10 Å². The quantitative estimate of drug-likeness (QED) is 0.802. The van der Waals surface area contributed by atoms with Crippen molar-refractivity contribution in [3.63, 3.8) is 0 Å². The molecule has 1 atom stereocenters. The zero-order valence-corrected chi connectivity index (χ0v) is 12.8. The Kier molecular flexibility index (Phi) is 4.00.